The van der Waals surface area contributed by atoms with E-state index in [1.54, 1.807) is 0 Å². The van der Waals surface area contributed by atoms with E-state index in [4.69, 9.17) is 10.5 Å². The van der Waals surface area contributed by atoms with E-state index in [1.807, 2.05) is 18.2 Å². The summed E-state index contributed by atoms with van der Waals surface area (Å²) in [6.07, 6.45) is 3.15. The average molecular weight is 355 g/mol. The Morgan fingerprint density at radius 2 is 1.92 bits per heavy atom. The van der Waals surface area contributed by atoms with E-state index in [-0.39, 0.29) is 16.9 Å². The number of nitrogens with zero attached hydrogens (tertiary/aromatic N) is 1. The molecule has 0 atom stereocenters. The standard InChI is InChI=1S/C18H17N3O5/c19-15-7-5-13(9-16(15)21(24)25)18(23)26-10-17(22)20-14-6-4-11-2-1-3-12(11)8-14/h4-9H,1-3,10,19H2,(H,20,22). The molecule has 0 aromatic heterocycles. The van der Waals surface area contributed by atoms with Crippen molar-refractivity contribution < 1.29 is 19.2 Å². The lowest BCUT2D eigenvalue weighted by molar-refractivity contribution is -0.383. The molecular formula is C18H17N3O5. The van der Waals surface area contributed by atoms with Crippen LogP contribution < -0.4 is 11.1 Å². The van der Waals surface area contributed by atoms with Crippen LogP contribution in [0.5, 0.6) is 0 Å². The molecule has 8 nitrogen and oxygen atoms in total. The zero-order chi connectivity index (χ0) is 18.7. The van der Waals surface area contributed by atoms with Gasteiger partial charge >= 0.3 is 5.97 Å². The Balaban J connectivity index is 1.58. The summed E-state index contributed by atoms with van der Waals surface area (Å²) < 4.78 is 4.91. The Labute approximate surface area is 149 Å². The van der Waals surface area contributed by atoms with E-state index >= 15 is 0 Å². The van der Waals surface area contributed by atoms with Crippen molar-refractivity contribution in [3.05, 3.63) is 63.2 Å². The third-order valence-corrected chi connectivity index (χ3v) is 4.18. The van der Waals surface area contributed by atoms with Gasteiger partial charge in [0, 0.05) is 11.8 Å². The molecule has 0 radical (unpaired) electrons. The van der Waals surface area contributed by atoms with Gasteiger partial charge in [0.25, 0.3) is 11.6 Å². The quantitative estimate of drug-likeness (QED) is 0.367. The maximum absolute atomic E-state index is 12.0. The van der Waals surface area contributed by atoms with Crippen LogP contribution in [0.25, 0.3) is 0 Å². The number of amides is 1. The zero-order valence-electron chi connectivity index (χ0n) is 13.9. The van der Waals surface area contributed by atoms with Crippen LogP contribution in [0.3, 0.4) is 0 Å². The van der Waals surface area contributed by atoms with Crippen molar-refractivity contribution in [1.82, 2.24) is 0 Å². The molecule has 0 saturated carbocycles. The van der Waals surface area contributed by atoms with Crippen molar-refractivity contribution in [3.8, 4) is 0 Å². The van der Waals surface area contributed by atoms with Crippen LogP contribution in [0.1, 0.15) is 27.9 Å². The Hall–Kier alpha value is -3.42. The van der Waals surface area contributed by atoms with Gasteiger partial charge in [-0.3, -0.25) is 14.9 Å². The third kappa shape index (κ3) is 3.80. The maximum atomic E-state index is 12.0. The molecule has 1 aliphatic rings. The molecule has 1 amide bonds. The lowest BCUT2D eigenvalue weighted by Gasteiger charge is -2.08. The van der Waals surface area contributed by atoms with Crippen molar-refractivity contribution in [3.63, 3.8) is 0 Å². The summed E-state index contributed by atoms with van der Waals surface area (Å²) in [5.41, 5.74) is 8.15. The Morgan fingerprint density at radius 1 is 1.15 bits per heavy atom. The summed E-state index contributed by atoms with van der Waals surface area (Å²) in [6, 6.07) is 9.30. The number of anilines is 2. The number of hydrogen-bond donors (Lipinski definition) is 2. The number of rotatable bonds is 5. The van der Waals surface area contributed by atoms with Gasteiger partial charge in [-0.05, 0) is 54.7 Å². The molecule has 0 aliphatic heterocycles. The predicted molar refractivity (Wildman–Crippen MR) is 94.9 cm³/mol. The first-order chi connectivity index (χ1) is 12.4. The molecule has 0 spiro atoms. The third-order valence-electron chi connectivity index (χ3n) is 4.18. The van der Waals surface area contributed by atoms with Crippen LogP contribution in [-0.2, 0) is 22.4 Å². The SMILES string of the molecule is Nc1ccc(C(=O)OCC(=O)Nc2ccc3c(c2)CCC3)cc1[N+](=O)[O-]. The highest BCUT2D eigenvalue weighted by atomic mass is 16.6. The minimum atomic E-state index is -0.836. The van der Waals surface area contributed by atoms with Gasteiger partial charge in [0.1, 0.15) is 5.69 Å². The molecule has 134 valence electrons. The van der Waals surface area contributed by atoms with Gasteiger partial charge in [0.05, 0.1) is 10.5 Å². The summed E-state index contributed by atoms with van der Waals surface area (Å²) in [5, 5.41) is 13.5. The molecular weight excluding hydrogens is 338 g/mol. The predicted octanol–water partition coefficient (Wildman–Crippen LogP) is 2.46. The number of ether oxygens (including phenoxy) is 1. The number of hydrogen-bond acceptors (Lipinski definition) is 6. The first-order valence-electron chi connectivity index (χ1n) is 8.07. The summed E-state index contributed by atoms with van der Waals surface area (Å²) in [5.74, 6) is -1.32. The molecule has 3 rings (SSSR count). The van der Waals surface area contributed by atoms with Gasteiger partial charge in [-0.15, -0.1) is 0 Å². The Bertz CT molecular complexity index is 894. The van der Waals surface area contributed by atoms with Gasteiger partial charge in [-0.25, -0.2) is 4.79 Å². The number of nitro benzene ring substituents is 1. The Kier molecular flexibility index (Phi) is 4.83. The van der Waals surface area contributed by atoms with Crippen LogP contribution in [0.2, 0.25) is 0 Å². The normalized spacial score (nSPS) is 12.3. The van der Waals surface area contributed by atoms with Gasteiger partial charge in [0.15, 0.2) is 6.61 Å². The number of nitrogens with one attached hydrogen (secondary N) is 1. The molecule has 0 fully saturated rings. The first-order valence-corrected chi connectivity index (χ1v) is 8.07. The second-order valence-corrected chi connectivity index (χ2v) is 5.99. The van der Waals surface area contributed by atoms with Crippen LogP contribution in [0, 0.1) is 10.1 Å². The maximum Gasteiger partial charge on any atom is 0.338 e. The fourth-order valence-electron chi connectivity index (χ4n) is 2.89. The lowest BCUT2D eigenvalue weighted by atomic mass is 10.1. The fraction of sp³-hybridized carbons (Fsp3) is 0.222. The highest BCUT2D eigenvalue weighted by molar-refractivity contribution is 5.96. The van der Waals surface area contributed by atoms with Crippen molar-refractivity contribution >= 4 is 28.9 Å². The number of esters is 1. The van der Waals surface area contributed by atoms with Gasteiger partial charge in [-0.1, -0.05) is 6.07 Å². The molecule has 0 unspecified atom stereocenters. The second-order valence-electron chi connectivity index (χ2n) is 5.99. The Morgan fingerprint density at radius 3 is 2.69 bits per heavy atom. The largest absolute Gasteiger partial charge is 0.452 e. The van der Waals surface area contributed by atoms with E-state index in [1.165, 1.54) is 23.3 Å². The first kappa shape index (κ1) is 17.4. The number of nitro groups is 1. The van der Waals surface area contributed by atoms with Crippen molar-refractivity contribution in [1.29, 1.82) is 0 Å². The number of fused-ring (bicyclic) bond motifs is 1. The minimum Gasteiger partial charge on any atom is -0.452 e. The lowest BCUT2D eigenvalue weighted by Crippen LogP contribution is -2.21. The highest BCUT2D eigenvalue weighted by Gasteiger charge is 2.18. The molecule has 3 N–H and O–H groups in total. The van der Waals surface area contributed by atoms with E-state index in [0.29, 0.717) is 5.69 Å². The highest BCUT2D eigenvalue weighted by Crippen LogP contribution is 2.25. The van der Waals surface area contributed by atoms with Crippen LogP contribution in [-0.4, -0.2) is 23.4 Å². The average Bonchev–Trinajstić information content (AvgIpc) is 3.07. The monoisotopic (exact) mass is 355 g/mol. The molecule has 0 heterocycles. The van der Waals surface area contributed by atoms with E-state index < -0.39 is 23.4 Å². The number of carbonyl (C=O) groups excluding carboxylic acids is 2. The van der Waals surface area contributed by atoms with Gasteiger partial charge < -0.3 is 15.8 Å². The van der Waals surface area contributed by atoms with Crippen LogP contribution in [0.4, 0.5) is 17.1 Å². The second kappa shape index (κ2) is 7.22. The van der Waals surface area contributed by atoms with Crippen LogP contribution in [0.15, 0.2) is 36.4 Å². The number of carbonyl (C=O) groups is 2. The number of nitrogen functional groups attached to an aromatic ring is 1. The summed E-state index contributed by atoms with van der Waals surface area (Å²) in [6.45, 7) is -0.492. The molecule has 2 aromatic carbocycles. The van der Waals surface area contributed by atoms with Crippen LogP contribution >= 0.6 is 0 Å². The summed E-state index contributed by atoms with van der Waals surface area (Å²) >= 11 is 0. The van der Waals surface area contributed by atoms with E-state index in [0.717, 1.165) is 25.3 Å². The molecule has 8 heteroatoms. The molecule has 1 aliphatic carbocycles. The van der Waals surface area contributed by atoms with Crippen molar-refractivity contribution in [2.45, 2.75) is 19.3 Å². The number of nitrogens with two attached hydrogens (primary N) is 1. The topological polar surface area (TPSA) is 125 Å². The molecule has 0 saturated heterocycles. The van der Waals surface area contributed by atoms with Crippen molar-refractivity contribution in [2.24, 2.45) is 0 Å². The zero-order valence-corrected chi connectivity index (χ0v) is 13.9. The van der Waals surface area contributed by atoms with E-state index in [2.05, 4.69) is 5.32 Å². The fourth-order valence-corrected chi connectivity index (χ4v) is 2.89. The molecule has 2 aromatic rings. The smallest absolute Gasteiger partial charge is 0.338 e. The minimum absolute atomic E-state index is 0.0452. The number of benzene rings is 2. The van der Waals surface area contributed by atoms with Gasteiger partial charge in [-0.2, -0.15) is 0 Å². The molecule has 0 bridgehead atoms. The molecule has 26 heavy (non-hydrogen) atoms. The van der Waals surface area contributed by atoms with Gasteiger partial charge in [0.2, 0.25) is 0 Å². The summed E-state index contributed by atoms with van der Waals surface area (Å²) in [7, 11) is 0. The van der Waals surface area contributed by atoms with Crippen molar-refractivity contribution in [2.75, 3.05) is 17.7 Å². The summed E-state index contributed by atoms with van der Waals surface area (Å²) in [4.78, 5) is 34.1. The van der Waals surface area contributed by atoms with E-state index in [9.17, 15) is 19.7 Å². The number of aryl methyl sites for hydroxylation is 2.